The standard InChI is InChI=1S/C18H25BO3/c1-11-8-13(20-5)6-7-14(11)19-21-16-10-12-9-15(17(12,2)3)18(16,4)22-19/h6-8,12,15-16H,9-10H2,1-5H3/t12-,15-,16+,18-/m1/s1. The van der Waals surface area contributed by atoms with Crippen molar-refractivity contribution in [2.45, 2.75) is 52.2 Å². The van der Waals surface area contributed by atoms with E-state index in [1.54, 1.807) is 7.11 Å². The lowest BCUT2D eigenvalue weighted by molar-refractivity contribution is -0.199. The maximum absolute atomic E-state index is 6.52. The lowest BCUT2D eigenvalue weighted by Gasteiger charge is -2.64. The zero-order valence-electron chi connectivity index (χ0n) is 14.2. The topological polar surface area (TPSA) is 27.7 Å². The van der Waals surface area contributed by atoms with E-state index < -0.39 is 0 Å². The van der Waals surface area contributed by atoms with Gasteiger partial charge in [0.2, 0.25) is 0 Å². The highest BCUT2D eigenvalue weighted by Gasteiger charge is 2.68. The molecule has 0 unspecified atom stereocenters. The molecule has 0 aromatic heterocycles. The summed E-state index contributed by atoms with van der Waals surface area (Å²) in [5, 5.41) is 0. The molecule has 0 spiro atoms. The fraction of sp³-hybridized carbons (Fsp3) is 0.667. The molecule has 0 radical (unpaired) electrons. The molecule has 1 aliphatic heterocycles. The van der Waals surface area contributed by atoms with Crippen LogP contribution in [0.1, 0.15) is 39.2 Å². The molecule has 3 saturated carbocycles. The molecule has 118 valence electrons. The molecule has 4 atom stereocenters. The third-order valence-electron chi connectivity index (χ3n) is 6.68. The minimum Gasteiger partial charge on any atom is -0.497 e. The van der Waals surface area contributed by atoms with Gasteiger partial charge in [0.25, 0.3) is 0 Å². The van der Waals surface area contributed by atoms with Crippen LogP contribution in [0.15, 0.2) is 18.2 Å². The molecule has 5 rings (SSSR count). The number of hydrogen-bond donors (Lipinski definition) is 0. The molecular weight excluding hydrogens is 275 g/mol. The fourth-order valence-electron chi connectivity index (χ4n) is 5.04. The predicted molar refractivity (Wildman–Crippen MR) is 87.5 cm³/mol. The first-order valence-corrected chi connectivity index (χ1v) is 8.34. The second-order valence-electron chi connectivity index (χ2n) is 8.02. The summed E-state index contributed by atoms with van der Waals surface area (Å²) in [6, 6.07) is 6.12. The lowest BCUT2D eigenvalue weighted by atomic mass is 9.43. The first-order valence-electron chi connectivity index (χ1n) is 8.34. The van der Waals surface area contributed by atoms with Crippen LogP contribution in [0.2, 0.25) is 0 Å². The van der Waals surface area contributed by atoms with E-state index >= 15 is 0 Å². The van der Waals surface area contributed by atoms with Crippen molar-refractivity contribution in [3.8, 4) is 5.75 Å². The monoisotopic (exact) mass is 300 g/mol. The van der Waals surface area contributed by atoms with Crippen molar-refractivity contribution in [2.75, 3.05) is 7.11 Å². The van der Waals surface area contributed by atoms with Gasteiger partial charge >= 0.3 is 7.12 Å². The van der Waals surface area contributed by atoms with Crippen LogP contribution in [0, 0.1) is 24.2 Å². The summed E-state index contributed by atoms with van der Waals surface area (Å²) >= 11 is 0. The van der Waals surface area contributed by atoms with Crippen molar-refractivity contribution < 1.29 is 14.0 Å². The Morgan fingerprint density at radius 1 is 1.23 bits per heavy atom. The fourth-order valence-corrected chi connectivity index (χ4v) is 5.04. The van der Waals surface area contributed by atoms with E-state index in [0.29, 0.717) is 11.3 Å². The van der Waals surface area contributed by atoms with E-state index in [9.17, 15) is 0 Å². The van der Waals surface area contributed by atoms with Crippen LogP contribution in [0.25, 0.3) is 0 Å². The third-order valence-corrected chi connectivity index (χ3v) is 6.68. The molecular formula is C18H25BO3. The van der Waals surface area contributed by atoms with E-state index in [-0.39, 0.29) is 18.8 Å². The van der Waals surface area contributed by atoms with Crippen LogP contribution in [-0.2, 0) is 9.31 Å². The van der Waals surface area contributed by atoms with Crippen LogP contribution in [-0.4, -0.2) is 25.9 Å². The number of methoxy groups -OCH3 is 1. The Kier molecular flexibility index (Phi) is 2.99. The molecule has 22 heavy (non-hydrogen) atoms. The zero-order valence-corrected chi connectivity index (χ0v) is 14.2. The van der Waals surface area contributed by atoms with E-state index in [1.165, 1.54) is 12.0 Å². The Hall–Kier alpha value is -0.995. The molecule has 3 nitrogen and oxygen atoms in total. The van der Waals surface area contributed by atoms with Crippen molar-refractivity contribution in [1.29, 1.82) is 0 Å². The SMILES string of the molecule is COc1ccc(B2O[C@H]3C[C@H]4C[C@H](C4(C)C)[C@@]3(C)O2)c(C)c1. The summed E-state index contributed by atoms with van der Waals surface area (Å²) in [4.78, 5) is 0. The molecule has 4 aliphatic rings. The molecule has 1 aromatic carbocycles. The van der Waals surface area contributed by atoms with Crippen LogP contribution in [0.3, 0.4) is 0 Å². The molecule has 1 saturated heterocycles. The van der Waals surface area contributed by atoms with Crippen molar-refractivity contribution in [3.63, 3.8) is 0 Å². The highest BCUT2D eigenvalue weighted by Crippen LogP contribution is 2.65. The van der Waals surface area contributed by atoms with Gasteiger partial charge in [0.15, 0.2) is 0 Å². The molecule has 1 aromatic rings. The van der Waals surface area contributed by atoms with Crippen LogP contribution >= 0.6 is 0 Å². The van der Waals surface area contributed by atoms with E-state index in [0.717, 1.165) is 23.6 Å². The second-order valence-corrected chi connectivity index (χ2v) is 8.02. The van der Waals surface area contributed by atoms with Gasteiger partial charge in [-0.25, -0.2) is 0 Å². The van der Waals surface area contributed by atoms with E-state index in [4.69, 9.17) is 14.0 Å². The Morgan fingerprint density at radius 2 is 2.00 bits per heavy atom. The number of ether oxygens (including phenoxy) is 1. The Labute approximate surface area is 133 Å². The average Bonchev–Trinajstić information content (AvgIpc) is 2.83. The molecule has 0 N–H and O–H groups in total. The molecule has 4 fully saturated rings. The Balaban J connectivity index is 1.63. The Bertz CT molecular complexity index is 614. The first-order chi connectivity index (χ1) is 10.4. The highest BCUT2D eigenvalue weighted by atomic mass is 16.7. The summed E-state index contributed by atoms with van der Waals surface area (Å²) in [5.74, 6) is 2.27. The number of benzene rings is 1. The summed E-state index contributed by atoms with van der Waals surface area (Å²) in [7, 11) is 1.46. The highest BCUT2D eigenvalue weighted by molar-refractivity contribution is 6.62. The van der Waals surface area contributed by atoms with Gasteiger partial charge in [-0.15, -0.1) is 0 Å². The third kappa shape index (κ3) is 1.77. The summed E-state index contributed by atoms with van der Waals surface area (Å²) in [5.41, 5.74) is 2.54. The predicted octanol–water partition coefficient (Wildman–Crippen LogP) is 2.94. The molecule has 2 bridgehead atoms. The Morgan fingerprint density at radius 3 is 2.64 bits per heavy atom. The first kappa shape index (κ1) is 14.6. The minimum absolute atomic E-state index is 0.144. The average molecular weight is 300 g/mol. The van der Waals surface area contributed by atoms with Gasteiger partial charge in [-0.3, -0.25) is 0 Å². The molecule has 1 heterocycles. The van der Waals surface area contributed by atoms with Crippen molar-refractivity contribution >= 4 is 12.6 Å². The van der Waals surface area contributed by atoms with Gasteiger partial charge in [-0.05, 0) is 67.1 Å². The van der Waals surface area contributed by atoms with Crippen LogP contribution < -0.4 is 10.2 Å². The van der Waals surface area contributed by atoms with E-state index in [2.05, 4.69) is 39.8 Å². The van der Waals surface area contributed by atoms with Gasteiger partial charge in [0, 0.05) is 0 Å². The summed E-state index contributed by atoms with van der Waals surface area (Å²) < 4.78 is 18.2. The van der Waals surface area contributed by atoms with Gasteiger partial charge in [0.1, 0.15) is 5.75 Å². The maximum Gasteiger partial charge on any atom is 0.494 e. The minimum atomic E-state index is -0.240. The number of aryl methyl sites for hydroxylation is 1. The summed E-state index contributed by atoms with van der Waals surface area (Å²) in [6.07, 6.45) is 2.65. The van der Waals surface area contributed by atoms with Gasteiger partial charge in [0.05, 0.1) is 18.8 Å². The van der Waals surface area contributed by atoms with Crippen LogP contribution in [0.5, 0.6) is 5.75 Å². The van der Waals surface area contributed by atoms with Crippen molar-refractivity contribution in [1.82, 2.24) is 0 Å². The van der Waals surface area contributed by atoms with Crippen LogP contribution in [0.4, 0.5) is 0 Å². The van der Waals surface area contributed by atoms with Gasteiger partial charge in [-0.1, -0.05) is 19.9 Å². The molecule has 4 heteroatoms. The van der Waals surface area contributed by atoms with E-state index in [1.807, 2.05) is 6.07 Å². The smallest absolute Gasteiger partial charge is 0.494 e. The maximum atomic E-state index is 6.52. The quantitative estimate of drug-likeness (QED) is 0.786. The molecule has 0 amide bonds. The van der Waals surface area contributed by atoms with Gasteiger partial charge < -0.3 is 14.0 Å². The normalized spacial score (nSPS) is 38.4. The second kappa shape index (κ2) is 4.51. The van der Waals surface area contributed by atoms with Crippen molar-refractivity contribution in [3.05, 3.63) is 23.8 Å². The zero-order chi connectivity index (χ0) is 15.7. The number of rotatable bonds is 2. The summed E-state index contributed by atoms with van der Waals surface area (Å²) in [6.45, 7) is 9.14. The van der Waals surface area contributed by atoms with Crippen molar-refractivity contribution in [2.24, 2.45) is 17.3 Å². The largest absolute Gasteiger partial charge is 0.497 e. The molecule has 3 aliphatic carbocycles. The van der Waals surface area contributed by atoms with Gasteiger partial charge in [-0.2, -0.15) is 0 Å². The lowest BCUT2D eigenvalue weighted by Crippen LogP contribution is -2.65. The number of hydrogen-bond acceptors (Lipinski definition) is 3.